The van der Waals surface area contributed by atoms with Gasteiger partial charge in [-0.25, -0.2) is 4.98 Å². The van der Waals surface area contributed by atoms with Crippen molar-refractivity contribution in [2.45, 2.75) is 19.3 Å². The highest BCUT2D eigenvalue weighted by molar-refractivity contribution is 6.31. The van der Waals surface area contributed by atoms with Crippen LogP contribution in [0.2, 0.25) is 5.02 Å². The molecule has 7 heteroatoms. The van der Waals surface area contributed by atoms with E-state index in [1.807, 2.05) is 0 Å². The van der Waals surface area contributed by atoms with Crippen LogP contribution in [0.5, 0.6) is 0 Å². The maximum atomic E-state index is 12.3. The molecular formula is C16H15ClN2O4. The second-order valence-corrected chi connectivity index (χ2v) is 5.55. The summed E-state index contributed by atoms with van der Waals surface area (Å²) < 4.78 is 11.8. The van der Waals surface area contributed by atoms with E-state index in [0.29, 0.717) is 21.7 Å². The smallest absolute Gasteiger partial charge is 0.261 e. The lowest BCUT2D eigenvalue weighted by atomic mass is 10.2. The molecule has 0 radical (unpaired) electrons. The summed E-state index contributed by atoms with van der Waals surface area (Å²) in [7, 11) is 0. The van der Waals surface area contributed by atoms with Crippen molar-refractivity contribution in [2.24, 2.45) is 0 Å². The van der Waals surface area contributed by atoms with Gasteiger partial charge in [0.05, 0.1) is 42.7 Å². The normalized spacial score (nSPS) is 12.6. The van der Waals surface area contributed by atoms with Crippen LogP contribution in [0.3, 0.4) is 0 Å². The van der Waals surface area contributed by atoms with Crippen LogP contribution in [0.4, 0.5) is 0 Å². The fraction of sp³-hybridized carbons (Fsp3) is 0.250. The summed E-state index contributed by atoms with van der Waals surface area (Å²) in [4.78, 5) is 16.5. The quantitative estimate of drug-likeness (QED) is 0.748. The number of hydrogen-bond donors (Lipinski definition) is 1. The zero-order valence-corrected chi connectivity index (χ0v) is 12.9. The average Bonchev–Trinajstić information content (AvgIpc) is 3.03. The number of furan rings is 1. The van der Waals surface area contributed by atoms with Crippen molar-refractivity contribution >= 4 is 22.5 Å². The Kier molecular flexibility index (Phi) is 4.76. The maximum absolute atomic E-state index is 12.3. The maximum Gasteiger partial charge on any atom is 0.261 e. The lowest BCUT2D eigenvalue weighted by Gasteiger charge is -2.13. The van der Waals surface area contributed by atoms with E-state index in [9.17, 15) is 9.90 Å². The molecule has 6 nitrogen and oxygen atoms in total. The molecule has 1 unspecified atom stereocenters. The molecule has 0 amide bonds. The predicted octanol–water partition coefficient (Wildman–Crippen LogP) is 2.22. The molecule has 3 aromatic rings. The SMILES string of the molecule is O=c1c2ccc(Cl)cc2ncn1CC(O)COCc1ccco1. The van der Waals surface area contributed by atoms with Crippen molar-refractivity contribution < 1.29 is 14.3 Å². The van der Waals surface area contributed by atoms with E-state index >= 15 is 0 Å². The van der Waals surface area contributed by atoms with E-state index in [1.54, 1.807) is 36.6 Å². The zero-order valence-electron chi connectivity index (χ0n) is 12.2. The van der Waals surface area contributed by atoms with E-state index in [4.69, 9.17) is 20.8 Å². The van der Waals surface area contributed by atoms with Crippen molar-refractivity contribution in [3.63, 3.8) is 0 Å². The Morgan fingerprint density at radius 2 is 2.26 bits per heavy atom. The molecule has 0 aliphatic heterocycles. The average molecular weight is 335 g/mol. The Balaban J connectivity index is 1.65. The highest BCUT2D eigenvalue weighted by atomic mass is 35.5. The Hall–Kier alpha value is -2.15. The second-order valence-electron chi connectivity index (χ2n) is 5.11. The minimum Gasteiger partial charge on any atom is -0.467 e. The number of hydrogen-bond acceptors (Lipinski definition) is 5. The third-order valence-electron chi connectivity index (χ3n) is 3.33. The molecule has 0 aliphatic rings. The van der Waals surface area contributed by atoms with Gasteiger partial charge in [-0.2, -0.15) is 0 Å². The zero-order chi connectivity index (χ0) is 16.2. The van der Waals surface area contributed by atoms with E-state index in [2.05, 4.69) is 4.98 Å². The summed E-state index contributed by atoms with van der Waals surface area (Å²) in [6.07, 6.45) is 2.13. The van der Waals surface area contributed by atoms with Gasteiger partial charge in [-0.3, -0.25) is 9.36 Å². The fourth-order valence-corrected chi connectivity index (χ4v) is 2.40. The van der Waals surface area contributed by atoms with Crippen LogP contribution < -0.4 is 5.56 Å². The van der Waals surface area contributed by atoms with E-state index in [1.165, 1.54) is 10.9 Å². The summed E-state index contributed by atoms with van der Waals surface area (Å²) in [6.45, 7) is 0.460. The van der Waals surface area contributed by atoms with Gasteiger partial charge in [0.15, 0.2) is 0 Å². The summed E-state index contributed by atoms with van der Waals surface area (Å²) in [5.74, 6) is 0.679. The van der Waals surface area contributed by atoms with Gasteiger partial charge >= 0.3 is 0 Å². The minimum absolute atomic E-state index is 0.0891. The lowest BCUT2D eigenvalue weighted by molar-refractivity contribution is 0.0142. The highest BCUT2D eigenvalue weighted by Crippen LogP contribution is 2.14. The molecule has 1 aromatic carbocycles. The highest BCUT2D eigenvalue weighted by Gasteiger charge is 2.10. The van der Waals surface area contributed by atoms with Gasteiger partial charge in [0, 0.05) is 5.02 Å². The molecule has 120 valence electrons. The molecular weight excluding hydrogens is 320 g/mol. The summed E-state index contributed by atoms with van der Waals surface area (Å²) in [6, 6.07) is 8.45. The molecule has 2 heterocycles. The largest absolute Gasteiger partial charge is 0.467 e. The van der Waals surface area contributed by atoms with Crippen molar-refractivity contribution in [1.29, 1.82) is 0 Å². The summed E-state index contributed by atoms with van der Waals surface area (Å²) in [5, 5.41) is 11.0. The van der Waals surface area contributed by atoms with E-state index in [0.717, 1.165) is 0 Å². The Morgan fingerprint density at radius 3 is 3.04 bits per heavy atom. The first-order valence-electron chi connectivity index (χ1n) is 7.06. The number of halogens is 1. The van der Waals surface area contributed by atoms with Gasteiger partial charge in [-0.05, 0) is 30.3 Å². The molecule has 3 rings (SSSR count). The van der Waals surface area contributed by atoms with Crippen molar-refractivity contribution in [3.8, 4) is 0 Å². The predicted molar refractivity (Wildman–Crippen MR) is 85.4 cm³/mol. The standard InChI is InChI=1S/C16H15ClN2O4/c17-11-3-4-14-15(6-11)18-10-19(16(14)21)7-12(20)8-22-9-13-2-1-5-23-13/h1-6,10,12,20H,7-9H2. The summed E-state index contributed by atoms with van der Waals surface area (Å²) >= 11 is 5.88. The first kappa shape index (κ1) is 15.7. The second kappa shape index (κ2) is 6.95. The number of benzene rings is 1. The molecule has 0 fully saturated rings. The van der Waals surface area contributed by atoms with Crippen LogP contribution in [-0.2, 0) is 17.9 Å². The number of nitrogens with zero attached hydrogens (tertiary/aromatic N) is 2. The monoisotopic (exact) mass is 334 g/mol. The molecule has 0 aliphatic carbocycles. The van der Waals surface area contributed by atoms with Gasteiger partial charge in [0.2, 0.25) is 0 Å². The minimum atomic E-state index is -0.825. The number of aliphatic hydroxyl groups excluding tert-OH is 1. The van der Waals surface area contributed by atoms with Gasteiger partial charge in [-0.1, -0.05) is 11.6 Å². The third kappa shape index (κ3) is 3.79. The topological polar surface area (TPSA) is 77.5 Å². The number of ether oxygens (including phenoxy) is 1. The molecule has 1 N–H and O–H groups in total. The Morgan fingerprint density at radius 1 is 1.39 bits per heavy atom. The Bertz CT molecular complexity index is 845. The van der Waals surface area contributed by atoms with Crippen molar-refractivity contribution in [1.82, 2.24) is 9.55 Å². The van der Waals surface area contributed by atoms with Crippen LogP contribution in [0.1, 0.15) is 5.76 Å². The Labute approximate surface area is 136 Å². The van der Waals surface area contributed by atoms with Crippen molar-refractivity contribution in [2.75, 3.05) is 6.61 Å². The molecule has 2 aromatic heterocycles. The first-order valence-corrected chi connectivity index (χ1v) is 7.44. The van der Waals surface area contributed by atoms with E-state index in [-0.39, 0.29) is 25.3 Å². The fourth-order valence-electron chi connectivity index (χ4n) is 2.23. The third-order valence-corrected chi connectivity index (χ3v) is 3.56. The molecule has 0 saturated heterocycles. The molecule has 0 bridgehead atoms. The molecule has 1 atom stereocenters. The van der Waals surface area contributed by atoms with Gasteiger partial charge in [0.25, 0.3) is 5.56 Å². The van der Waals surface area contributed by atoms with Crippen LogP contribution in [0, 0.1) is 0 Å². The van der Waals surface area contributed by atoms with E-state index < -0.39 is 6.10 Å². The van der Waals surface area contributed by atoms with Gasteiger partial charge in [0.1, 0.15) is 12.4 Å². The van der Waals surface area contributed by atoms with Crippen LogP contribution >= 0.6 is 11.6 Å². The summed E-state index contributed by atoms with van der Waals surface area (Å²) in [5.41, 5.74) is 0.305. The van der Waals surface area contributed by atoms with Crippen LogP contribution in [0.25, 0.3) is 10.9 Å². The number of rotatable bonds is 6. The molecule has 23 heavy (non-hydrogen) atoms. The number of aromatic nitrogens is 2. The van der Waals surface area contributed by atoms with Crippen molar-refractivity contribution in [3.05, 3.63) is 64.1 Å². The van der Waals surface area contributed by atoms with Gasteiger partial charge in [-0.15, -0.1) is 0 Å². The van der Waals surface area contributed by atoms with Crippen LogP contribution in [0.15, 0.2) is 52.1 Å². The number of aliphatic hydroxyl groups is 1. The molecule has 0 saturated carbocycles. The van der Waals surface area contributed by atoms with Gasteiger partial charge < -0.3 is 14.3 Å². The molecule has 0 spiro atoms. The van der Waals surface area contributed by atoms with Crippen LogP contribution in [-0.4, -0.2) is 27.4 Å². The number of fused-ring (bicyclic) bond motifs is 1. The lowest BCUT2D eigenvalue weighted by Crippen LogP contribution is -2.29. The first-order chi connectivity index (χ1) is 11.1.